The van der Waals surface area contributed by atoms with Crippen LogP contribution < -0.4 is 10.6 Å². The predicted octanol–water partition coefficient (Wildman–Crippen LogP) is 5.63. The highest BCUT2D eigenvalue weighted by Gasteiger charge is 2.19. The zero-order chi connectivity index (χ0) is 23.5. The van der Waals surface area contributed by atoms with Crippen molar-refractivity contribution < 1.29 is 18.4 Å². The lowest BCUT2D eigenvalue weighted by Crippen LogP contribution is -2.16. The fourth-order valence-corrected chi connectivity index (χ4v) is 3.63. The number of halogens is 2. The Labute approximate surface area is 194 Å². The Morgan fingerprint density at radius 3 is 2.58 bits per heavy atom. The molecule has 0 atom stereocenters. The molecular weight excluding hydrogens is 447 g/mol. The highest BCUT2D eigenvalue weighted by atomic mass is 35.5. The van der Waals surface area contributed by atoms with E-state index in [1.807, 2.05) is 13.0 Å². The molecule has 7 nitrogen and oxygen atoms in total. The minimum absolute atomic E-state index is 0.0660. The van der Waals surface area contributed by atoms with Crippen LogP contribution in [0.5, 0.6) is 0 Å². The van der Waals surface area contributed by atoms with E-state index in [0.29, 0.717) is 39.7 Å². The second-order valence-corrected chi connectivity index (χ2v) is 7.68. The molecule has 0 saturated heterocycles. The molecule has 0 aliphatic carbocycles. The molecule has 168 valence electrons. The van der Waals surface area contributed by atoms with Crippen molar-refractivity contribution in [1.82, 2.24) is 9.78 Å². The van der Waals surface area contributed by atoms with Crippen molar-refractivity contribution in [1.29, 1.82) is 0 Å². The first-order chi connectivity index (χ1) is 15.9. The van der Waals surface area contributed by atoms with Gasteiger partial charge in [-0.1, -0.05) is 24.6 Å². The van der Waals surface area contributed by atoms with Crippen molar-refractivity contribution in [2.24, 2.45) is 0 Å². The summed E-state index contributed by atoms with van der Waals surface area (Å²) >= 11 is 6.09. The average Bonchev–Trinajstić information content (AvgIpc) is 3.42. The molecule has 0 radical (unpaired) electrons. The number of aryl methyl sites for hydroxylation is 1. The van der Waals surface area contributed by atoms with Crippen LogP contribution in [0.3, 0.4) is 0 Å². The van der Waals surface area contributed by atoms with E-state index >= 15 is 0 Å². The van der Waals surface area contributed by atoms with Gasteiger partial charge in [0.2, 0.25) is 0 Å². The lowest BCUT2D eigenvalue weighted by atomic mass is 10.1. The predicted molar refractivity (Wildman–Crippen MR) is 124 cm³/mol. The van der Waals surface area contributed by atoms with Crippen LogP contribution in [0.25, 0.3) is 5.69 Å². The van der Waals surface area contributed by atoms with Crippen LogP contribution in [0.4, 0.5) is 15.8 Å². The van der Waals surface area contributed by atoms with Gasteiger partial charge in [-0.3, -0.25) is 9.59 Å². The van der Waals surface area contributed by atoms with Crippen molar-refractivity contribution in [3.05, 3.63) is 94.4 Å². The van der Waals surface area contributed by atoms with Gasteiger partial charge in [0.05, 0.1) is 40.7 Å². The molecule has 9 heteroatoms. The topological polar surface area (TPSA) is 89.2 Å². The standard InChI is InChI=1S/C24H20ClFN4O3/c1-3-22-19(13-27-30(22)17-6-4-5-15(25)11-17)24(32)28-16-7-8-20(26)21(12-16)29-23(31)18-9-10-33-14(18)2/h4-13H,3H2,1-2H3,(H,28,32)(H,29,31). The van der Waals surface area contributed by atoms with Crippen LogP contribution in [-0.2, 0) is 6.42 Å². The Hall–Kier alpha value is -3.91. The Bertz CT molecular complexity index is 1350. The molecule has 0 aliphatic rings. The smallest absolute Gasteiger partial charge is 0.259 e. The number of anilines is 2. The fraction of sp³-hybridized carbons (Fsp3) is 0.125. The van der Waals surface area contributed by atoms with E-state index in [1.165, 1.54) is 36.7 Å². The Kier molecular flexibility index (Phi) is 6.28. The molecule has 4 aromatic rings. The van der Waals surface area contributed by atoms with Crippen LogP contribution in [0, 0.1) is 12.7 Å². The quantitative estimate of drug-likeness (QED) is 0.385. The van der Waals surface area contributed by atoms with E-state index in [2.05, 4.69) is 15.7 Å². The molecule has 2 heterocycles. The van der Waals surface area contributed by atoms with Gasteiger partial charge in [-0.25, -0.2) is 9.07 Å². The average molecular weight is 467 g/mol. The normalized spacial score (nSPS) is 10.8. The van der Waals surface area contributed by atoms with E-state index in [4.69, 9.17) is 16.0 Å². The van der Waals surface area contributed by atoms with E-state index in [1.54, 1.807) is 29.8 Å². The van der Waals surface area contributed by atoms with Gasteiger partial charge < -0.3 is 15.1 Å². The lowest BCUT2D eigenvalue weighted by molar-refractivity contribution is 0.101. The first-order valence-electron chi connectivity index (χ1n) is 10.2. The summed E-state index contributed by atoms with van der Waals surface area (Å²) in [5.41, 5.74) is 2.36. The van der Waals surface area contributed by atoms with Gasteiger partial charge >= 0.3 is 0 Å². The molecule has 0 fully saturated rings. The third-order valence-corrected chi connectivity index (χ3v) is 5.31. The fourth-order valence-electron chi connectivity index (χ4n) is 3.44. The molecule has 2 N–H and O–H groups in total. The molecule has 0 saturated carbocycles. The number of benzene rings is 2. The van der Waals surface area contributed by atoms with Crippen LogP contribution in [0.1, 0.15) is 39.1 Å². The molecule has 2 aromatic heterocycles. The number of nitrogens with zero attached hydrogens (tertiary/aromatic N) is 2. The highest BCUT2D eigenvalue weighted by Crippen LogP contribution is 2.24. The third-order valence-electron chi connectivity index (χ3n) is 5.08. The van der Waals surface area contributed by atoms with Crippen molar-refractivity contribution in [2.75, 3.05) is 10.6 Å². The minimum Gasteiger partial charge on any atom is -0.469 e. The number of hydrogen-bond acceptors (Lipinski definition) is 4. The molecule has 4 rings (SSSR count). The highest BCUT2D eigenvalue weighted by molar-refractivity contribution is 6.30. The number of aromatic nitrogens is 2. The minimum atomic E-state index is -0.634. The molecule has 0 aliphatic heterocycles. The van der Waals surface area contributed by atoms with Gasteiger partial charge in [-0.2, -0.15) is 5.10 Å². The number of carbonyl (C=O) groups is 2. The maximum absolute atomic E-state index is 14.3. The second-order valence-electron chi connectivity index (χ2n) is 7.24. The van der Waals surface area contributed by atoms with Crippen LogP contribution >= 0.6 is 11.6 Å². The first-order valence-corrected chi connectivity index (χ1v) is 10.5. The van der Waals surface area contributed by atoms with Gasteiger partial charge in [0.1, 0.15) is 11.6 Å². The number of furan rings is 1. The van der Waals surface area contributed by atoms with E-state index in [0.717, 1.165) is 5.69 Å². The SMILES string of the molecule is CCc1c(C(=O)Nc2ccc(F)c(NC(=O)c3ccoc3C)c2)cnn1-c1cccc(Cl)c1. The number of rotatable bonds is 6. The summed E-state index contributed by atoms with van der Waals surface area (Å²) in [7, 11) is 0. The Morgan fingerprint density at radius 2 is 1.88 bits per heavy atom. The molecule has 0 spiro atoms. The Morgan fingerprint density at radius 1 is 1.09 bits per heavy atom. The number of amides is 2. The van der Waals surface area contributed by atoms with Crippen molar-refractivity contribution in [3.8, 4) is 5.69 Å². The molecule has 0 unspecified atom stereocenters. The van der Waals surface area contributed by atoms with Crippen molar-refractivity contribution >= 4 is 34.8 Å². The summed E-state index contributed by atoms with van der Waals surface area (Å²) in [5, 5.41) is 10.1. The van der Waals surface area contributed by atoms with Gasteiger partial charge in [0, 0.05) is 10.7 Å². The van der Waals surface area contributed by atoms with Crippen molar-refractivity contribution in [3.63, 3.8) is 0 Å². The summed E-state index contributed by atoms with van der Waals surface area (Å²) in [6.07, 6.45) is 3.40. The summed E-state index contributed by atoms with van der Waals surface area (Å²) < 4.78 is 21.1. The Balaban J connectivity index is 1.56. The number of hydrogen-bond donors (Lipinski definition) is 2. The molecule has 0 bridgehead atoms. The summed E-state index contributed by atoms with van der Waals surface area (Å²) in [6, 6.07) is 12.6. The van der Waals surface area contributed by atoms with E-state index in [-0.39, 0.29) is 5.69 Å². The van der Waals surface area contributed by atoms with Crippen LogP contribution in [-0.4, -0.2) is 21.6 Å². The largest absolute Gasteiger partial charge is 0.469 e. The van der Waals surface area contributed by atoms with Crippen LogP contribution in [0.2, 0.25) is 5.02 Å². The zero-order valence-electron chi connectivity index (χ0n) is 17.9. The first kappa shape index (κ1) is 22.3. The second kappa shape index (κ2) is 9.30. The molecule has 33 heavy (non-hydrogen) atoms. The van der Waals surface area contributed by atoms with Gasteiger partial charge in [-0.15, -0.1) is 0 Å². The summed E-state index contributed by atoms with van der Waals surface area (Å²) in [6.45, 7) is 3.55. The molecule has 2 aromatic carbocycles. The van der Waals surface area contributed by atoms with E-state index < -0.39 is 17.6 Å². The number of nitrogens with one attached hydrogen (secondary N) is 2. The van der Waals surface area contributed by atoms with E-state index in [9.17, 15) is 14.0 Å². The van der Waals surface area contributed by atoms with Crippen molar-refractivity contribution in [2.45, 2.75) is 20.3 Å². The monoisotopic (exact) mass is 466 g/mol. The third kappa shape index (κ3) is 4.65. The van der Waals surface area contributed by atoms with Gasteiger partial charge in [-0.05, 0) is 55.8 Å². The molecule has 2 amide bonds. The molecular formula is C24H20ClFN4O3. The maximum atomic E-state index is 14.3. The van der Waals surface area contributed by atoms with Gasteiger partial charge in [0.25, 0.3) is 11.8 Å². The maximum Gasteiger partial charge on any atom is 0.259 e. The summed E-state index contributed by atoms with van der Waals surface area (Å²) in [4.78, 5) is 25.4. The lowest BCUT2D eigenvalue weighted by Gasteiger charge is -2.11. The summed E-state index contributed by atoms with van der Waals surface area (Å²) in [5.74, 6) is -1.14. The number of carbonyl (C=O) groups excluding carboxylic acids is 2. The van der Waals surface area contributed by atoms with Gasteiger partial charge in [0.15, 0.2) is 0 Å². The van der Waals surface area contributed by atoms with Crippen LogP contribution in [0.15, 0.2) is 65.4 Å². The zero-order valence-corrected chi connectivity index (χ0v) is 18.6.